The molecule has 1 rings (SSSR count). The minimum Gasteiger partial charge on any atom is -0.384 e. The zero-order valence-corrected chi connectivity index (χ0v) is 13.3. The van der Waals surface area contributed by atoms with Gasteiger partial charge < -0.3 is 5.73 Å². The van der Waals surface area contributed by atoms with Gasteiger partial charge in [0, 0.05) is 24.7 Å². The van der Waals surface area contributed by atoms with Crippen LogP contribution in [0.5, 0.6) is 0 Å². The van der Waals surface area contributed by atoms with Crippen molar-refractivity contribution in [3.05, 3.63) is 35.4 Å². The first kappa shape index (κ1) is 16.7. The molecule has 20 heavy (non-hydrogen) atoms. The third-order valence-corrected chi connectivity index (χ3v) is 3.74. The lowest BCUT2D eigenvalue weighted by Gasteiger charge is -2.32. The van der Waals surface area contributed by atoms with E-state index >= 15 is 0 Å². The van der Waals surface area contributed by atoms with Gasteiger partial charge in [-0.15, -0.1) is 0 Å². The van der Waals surface area contributed by atoms with Crippen LogP contribution in [0.3, 0.4) is 0 Å². The van der Waals surface area contributed by atoms with Crippen molar-refractivity contribution in [3.63, 3.8) is 0 Å². The third-order valence-electron chi connectivity index (χ3n) is 3.74. The van der Waals surface area contributed by atoms with Crippen molar-refractivity contribution >= 4 is 5.84 Å². The maximum Gasteiger partial charge on any atom is 0.123 e. The predicted molar refractivity (Wildman–Crippen MR) is 87.1 cm³/mol. The fourth-order valence-electron chi connectivity index (χ4n) is 2.76. The summed E-state index contributed by atoms with van der Waals surface area (Å²) in [4.78, 5) is 2.53. The van der Waals surface area contributed by atoms with Crippen LogP contribution in [-0.4, -0.2) is 23.3 Å². The van der Waals surface area contributed by atoms with Gasteiger partial charge in [0.15, 0.2) is 0 Å². The van der Waals surface area contributed by atoms with Crippen molar-refractivity contribution in [2.24, 2.45) is 11.7 Å². The second-order valence-corrected chi connectivity index (χ2v) is 5.86. The minimum absolute atomic E-state index is 0.162. The van der Waals surface area contributed by atoms with Crippen molar-refractivity contribution in [1.29, 1.82) is 5.41 Å². The second-order valence-electron chi connectivity index (χ2n) is 5.86. The largest absolute Gasteiger partial charge is 0.384 e. The summed E-state index contributed by atoms with van der Waals surface area (Å²) in [5.74, 6) is 0.801. The molecular formula is C17H29N3. The van der Waals surface area contributed by atoms with Crippen molar-refractivity contribution in [2.75, 3.05) is 6.54 Å². The Morgan fingerprint density at radius 3 is 2.30 bits per heavy atom. The molecule has 0 spiro atoms. The zero-order chi connectivity index (χ0) is 15.1. The first-order valence-corrected chi connectivity index (χ1v) is 7.65. The first-order valence-electron chi connectivity index (χ1n) is 7.65. The lowest BCUT2D eigenvalue weighted by Crippen LogP contribution is -2.37. The predicted octanol–water partition coefficient (Wildman–Crippen LogP) is 3.62. The van der Waals surface area contributed by atoms with Crippen LogP contribution < -0.4 is 5.73 Å². The molecule has 0 fully saturated rings. The molecule has 0 saturated carbocycles. The smallest absolute Gasteiger partial charge is 0.123 e. The van der Waals surface area contributed by atoms with E-state index < -0.39 is 0 Å². The van der Waals surface area contributed by atoms with E-state index in [1.165, 1.54) is 0 Å². The maximum atomic E-state index is 7.72. The van der Waals surface area contributed by atoms with E-state index in [1.54, 1.807) is 0 Å². The Morgan fingerprint density at radius 1 is 1.20 bits per heavy atom. The number of amidine groups is 1. The molecule has 0 unspecified atom stereocenters. The summed E-state index contributed by atoms with van der Waals surface area (Å²) in [6.45, 7) is 11.0. The molecule has 0 amide bonds. The number of hydrogen-bond acceptors (Lipinski definition) is 2. The molecule has 3 N–H and O–H groups in total. The molecule has 112 valence electrons. The van der Waals surface area contributed by atoms with E-state index in [2.05, 4.69) is 38.7 Å². The van der Waals surface area contributed by atoms with E-state index in [0.717, 1.165) is 37.1 Å². The van der Waals surface area contributed by atoms with Crippen LogP contribution >= 0.6 is 0 Å². The summed E-state index contributed by atoms with van der Waals surface area (Å²) < 4.78 is 0. The van der Waals surface area contributed by atoms with Crippen molar-refractivity contribution < 1.29 is 0 Å². The Balaban J connectivity index is 2.97. The Kier molecular flexibility index (Phi) is 6.73. The molecular weight excluding hydrogens is 246 g/mol. The average molecular weight is 275 g/mol. The minimum atomic E-state index is 0.162. The van der Waals surface area contributed by atoms with Gasteiger partial charge in [0.25, 0.3) is 0 Å². The summed E-state index contributed by atoms with van der Waals surface area (Å²) in [5, 5.41) is 7.72. The topological polar surface area (TPSA) is 53.1 Å². The lowest BCUT2D eigenvalue weighted by atomic mass is 10.0. The monoisotopic (exact) mass is 275 g/mol. The average Bonchev–Trinajstić information content (AvgIpc) is 2.39. The molecule has 0 atom stereocenters. The Hall–Kier alpha value is -1.35. The summed E-state index contributed by atoms with van der Waals surface area (Å²) in [5.41, 5.74) is 7.72. The van der Waals surface area contributed by atoms with Gasteiger partial charge in [0.2, 0.25) is 0 Å². The lowest BCUT2D eigenvalue weighted by molar-refractivity contribution is 0.157. The summed E-state index contributed by atoms with van der Waals surface area (Å²) in [6, 6.07) is 8.61. The quantitative estimate of drug-likeness (QED) is 0.562. The van der Waals surface area contributed by atoms with E-state index in [1.807, 2.05) is 18.2 Å². The molecule has 0 aliphatic carbocycles. The Labute approximate surface area is 123 Å². The summed E-state index contributed by atoms with van der Waals surface area (Å²) in [7, 11) is 0. The highest BCUT2D eigenvalue weighted by Gasteiger charge is 2.18. The Morgan fingerprint density at radius 2 is 1.80 bits per heavy atom. The van der Waals surface area contributed by atoms with E-state index in [9.17, 15) is 0 Å². The molecule has 0 radical (unpaired) electrons. The fraction of sp³-hybridized carbons (Fsp3) is 0.588. The van der Waals surface area contributed by atoms with Gasteiger partial charge in [-0.05, 0) is 24.3 Å². The van der Waals surface area contributed by atoms with Crippen LogP contribution in [-0.2, 0) is 6.54 Å². The summed E-state index contributed by atoms with van der Waals surface area (Å²) in [6.07, 6.45) is 2.32. The van der Waals surface area contributed by atoms with Crippen LogP contribution in [0.2, 0.25) is 0 Å². The van der Waals surface area contributed by atoms with E-state index in [-0.39, 0.29) is 5.84 Å². The molecule has 0 bridgehead atoms. The highest BCUT2D eigenvalue weighted by atomic mass is 15.2. The second kappa shape index (κ2) is 8.05. The zero-order valence-electron chi connectivity index (χ0n) is 13.3. The van der Waals surface area contributed by atoms with Crippen molar-refractivity contribution in [3.8, 4) is 0 Å². The first-order chi connectivity index (χ1) is 9.49. The molecule has 0 saturated heterocycles. The van der Waals surface area contributed by atoms with Gasteiger partial charge in [-0.1, -0.05) is 52.0 Å². The normalized spacial score (nSPS) is 11.6. The number of hydrogen-bond donors (Lipinski definition) is 2. The number of rotatable bonds is 8. The van der Waals surface area contributed by atoms with Crippen LogP contribution in [0.15, 0.2) is 24.3 Å². The van der Waals surface area contributed by atoms with Crippen LogP contribution in [0, 0.1) is 11.3 Å². The van der Waals surface area contributed by atoms with Crippen molar-refractivity contribution in [1.82, 2.24) is 4.90 Å². The van der Waals surface area contributed by atoms with Crippen molar-refractivity contribution in [2.45, 2.75) is 53.1 Å². The number of nitrogen functional groups attached to an aromatic ring is 1. The number of nitrogens with two attached hydrogens (primary N) is 1. The summed E-state index contributed by atoms with van der Waals surface area (Å²) >= 11 is 0. The molecule has 0 aliphatic heterocycles. The van der Waals surface area contributed by atoms with Crippen LogP contribution in [0.1, 0.15) is 51.7 Å². The van der Waals surface area contributed by atoms with E-state index in [0.29, 0.717) is 12.0 Å². The molecule has 0 aliphatic rings. The number of nitrogens with zero attached hydrogens (tertiary/aromatic N) is 1. The highest BCUT2D eigenvalue weighted by Crippen LogP contribution is 2.18. The van der Waals surface area contributed by atoms with Gasteiger partial charge in [-0.25, -0.2) is 0 Å². The maximum absolute atomic E-state index is 7.72. The molecule has 0 heterocycles. The molecule has 0 aromatic heterocycles. The SMILES string of the molecule is CCC(CC)N(Cc1ccccc1C(=N)N)CC(C)C. The highest BCUT2D eigenvalue weighted by molar-refractivity contribution is 5.96. The van der Waals surface area contributed by atoms with Gasteiger partial charge >= 0.3 is 0 Å². The number of benzene rings is 1. The van der Waals surface area contributed by atoms with Crippen LogP contribution in [0.4, 0.5) is 0 Å². The van der Waals surface area contributed by atoms with E-state index in [4.69, 9.17) is 11.1 Å². The van der Waals surface area contributed by atoms with Gasteiger partial charge in [-0.3, -0.25) is 10.3 Å². The van der Waals surface area contributed by atoms with Gasteiger partial charge in [-0.2, -0.15) is 0 Å². The molecule has 3 heteroatoms. The van der Waals surface area contributed by atoms with Gasteiger partial charge in [0.05, 0.1) is 0 Å². The fourth-order valence-corrected chi connectivity index (χ4v) is 2.76. The molecule has 3 nitrogen and oxygen atoms in total. The number of nitrogens with one attached hydrogen (secondary N) is 1. The third kappa shape index (κ3) is 4.64. The molecule has 1 aromatic carbocycles. The molecule has 1 aromatic rings. The van der Waals surface area contributed by atoms with Gasteiger partial charge in [0.1, 0.15) is 5.84 Å². The van der Waals surface area contributed by atoms with Crippen LogP contribution in [0.25, 0.3) is 0 Å². The standard InChI is InChI=1S/C17H29N3/c1-5-15(6-2)20(11-13(3)4)12-14-9-7-8-10-16(14)17(18)19/h7-10,13,15H,5-6,11-12H2,1-4H3,(H3,18,19). The Bertz CT molecular complexity index is 422.